The number of benzene rings is 2. The van der Waals surface area contributed by atoms with Crippen molar-refractivity contribution in [1.82, 2.24) is 20.2 Å². The lowest BCUT2D eigenvalue weighted by Crippen LogP contribution is -2.51. The van der Waals surface area contributed by atoms with Gasteiger partial charge >= 0.3 is 6.03 Å². The number of anilines is 2. The Balaban J connectivity index is 1.33. The Kier molecular flexibility index (Phi) is 9.22. The van der Waals surface area contributed by atoms with Crippen LogP contribution >= 0.6 is 0 Å². The molecule has 3 aromatic rings. The Labute approximate surface area is 235 Å². The number of rotatable bonds is 8. The van der Waals surface area contributed by atoms with Gasteiger partial charge in [0.1, 0.15) is 0 Å². The van der Waals surface area contributed by atoms with Crippen molar-refractivity contribution < 1.29 is 19.4 Å². The molecule has 10 nitrogen and oxygen atoms in total. The molecule has 2 saturated heterocycles. The minimum absolute atomic E-state index is 0.00111. The van der Waals surface area contributed by atoms with Crippen molar-refractivity contribution in [2.75, 3.05) is 49.5 Å². The number of piperazine rings is 1. The molecule has 3 N–H and O–H groups in total. The molecule has 5 rings (SSSR count). The van der Waals surface area contributed by atoms with Gasteiger partial charge in [-0.1, -0.05) is 43.3 Å². The Morgan fingerprint density at radius 2 is 1.75 bits per heavy atom. The van der Waals surface area contributed by atoms with Crippen LogP contribution in [0.5, 0.6) is 0 Å². The van der Waals surface area contributed by atoms with Gasteiger partial charge in [0.15, 0.2) is 6.29 Å². The Hall–Kier alpha value is -3.57. The number of aliphatic hydroxyl groups excluding tert-OH is 1. The summed E-state index contributed by atoms with van der Waals surface area (Å²) >= 11 is 0. The highest BCUT2D eigenvalue weighted by molar-refractivity contribution is 5.89. The molecule has 3 heterocycles. The van der Waals surface area contributed by atoms with E-state index in [1.165, 1.54) is 0 Å². The second-order valence-corrected chi connectivity index (χ2v) is 10.3. The highest BCUT2D eigenvalue weighted by atomic mass is 16.7. The number of urea groups is 1. The van der Waals surface area contributed by atoms with Crippen molar-refractivity contribution in [3.63, 3.8) is 0 Å². The minimum Gasteiger partial charge on any atom is -0.392 e. The number of aliphatic hydroxyl groups is 1. The maximum atomic E-state index is 12.1. The standard InChI is InChI=1S/C30H38N6O4/c1-3-31-30(38)34-25-7-4-6-24(18-25)28-39-26(21(2)27(40-28)23-10-8-22(20-37)9-11-23)19-35-14-16-36(17-15-35)29-32-12-5-13-33-29/h4-13,18,21,26-28,37H,3,14-17,19-20H2,1-2H3,(H2,31,34,38)/t21-,26+,27+,28+/m0/s1. The first-order chi connectivity index (χ1) is 19.5. The molecule has 0 unspecified atom stereocenters. The van der Waals surface area contributed by atoms with Gasteiger partial charge in [0.05, 0.1) is 18.8 Å². The fourth-order valence-electron chi connectivity index (χ4n) is 5.27. The SMILES string of the molecule is CCNC(=O)Nc1cccc([C@@H]2O[C@H](CN3CCN(c4ncccn4)CC3)[C@H](C)[C@H](c3ccc(CO)cc3)O2)c1. The third-order valence-corrected chi connectivity index (χ3v) is 7.52. The van der Waals surface area contributed by atoms with Crippen LogP contribution in [0.15, 0.2) is 67.0 Å². The molecule has 2 aromatic carbocycles. The van der Waals surface area contributed by atoms with Crippen LogP contribution in [0.2, 0.25) is 0 Å². The number of amides is 2. The molecule has 2 amide bonds. The summed E-state index contributed by atoms with van der Waals surface area (Å²) in [5, 5.41) is 15.1. The second kappa shape index (κ2) is 13.2. The van der Waals surface area contributed by atoms with Crippen LogP contribution < -0.4 is 15.5 Å². The summed E-state index contributed by atoms with van der Waals surface area (Å²) in [6, 6.07) is 17.1. The van der Waals surface area contributed by atoms with E-state index in [2.05, 4.69) is 37.3 Å². The van der Waals surface area contributed by atoms with Gasteiger partial charge in [-0.25, -0.2) is 14.8 Å². The molecule has 40 heavy (non-hydrogen) atoms. The topological polar surface area (TPSA) is 112 Å². The molecular weight excluding hydrogens is 508 g/mol. The van der Waals surface area contributed by atoms with Gasteiger partial charge in [-0.15, -0.1) is 0 Å². The van der Waals surface area contributed by atoms with Crippen LogP contribution in [0.4, 0.5) is 16.4 Å². The average Bonchev–Trinajstić information content (AvgIpc) is 2.99. The molecule has 10 heteroatoms. The third kappa shape index (κ3) is 6.76. The van der Waals surface area contributed by atoms with Gasteiger partial charge in [-0.2, -0.15) is 0 Å². The number of ether oxygens (including phenoxy) is 2. The predicted molar refractivity (Wildman–Crippen MR) is 153 cm³/mol. The summed E-state index contributed by atoms with van der Waals surface area (Å²) in [6.45, 7) is 8.85. The van der Waals surface area contributed by atoms with Crippen LogP contribution in [0.25, 0.3) is 0 Å². The zero-order valence-electron chi connectivity index (χ0n) is 23.1. The highest BCUT2D eigenvalue weighted by Crippen LogP contribution is 2.42. The summed E-state index contributed by atoms with van der Waals surface area (Å²) in [4.78, 5) is 25.5. The van der Waals surface area contributed by atoms with E-state index in [-0.39, 0.29) is 30.8 Å². The van der Waals surface area contributed by atoms with Crippen LogP contribution in [-0.2, 0) is 16.1 Å². The van der Waals surface area contributed by atoms with Gasteiger partial charge in [-0.05, 0) is 36.2 Å². The number of carbonyl (C=O) groups excluding carboxylic acids is 1. The number of aromatic nitrogens is 2. The molecule has 0 radical (unpaired) electrons. The highest BCUT2D eigenvalue weighted by Gasteiger charge is 2.39. The second-order valence-electron chi connectivity index (χ2n) is 10.3. The maximum Gasteiger partial charge on any atom is 0.319 e. The van der Waals surface area contributed by atoms with Crippen LogP contribution in [0.1, 0.15) is 42.9 Å². The molecule has 212 valence electrons. The van der Waals surface area contributed by atoms with Crippen molar-refractivity contribution in [3.8, 4) is 0 Å². The first kappa shape index (κ1) is 28.0. The molecule has 1 aromatic heterocycles. The average molecular weight is 547 g/mol. The van der Waals surface area contributed by atoms with Crippen molar-refractivity contribution in [2.24, 2.45) is 5.92 Å². The normalized spacial score (nSPS) is 23.5. The van der Waals surface area contributed by atoms with E-state index in [1.807, 2.05) is 61.5 Å². The van der Waals surface area contributed by atoms with Crippen molar-refractivity contribution in [2.45, 2.75) is 39.0 Å². The van der Waals surface area contributed by atoms with Crippen molar-refractivity contribution >= 4 is 17.7 Å². The molecular formula is C30H38N6O4. The molecule has 4 atom stereocenters. The number of hydrogen-bond donors (Lipinski definition) is 3. The quantitative estimate of drug-likeness (QED) is 0.392. The first-order valence-electron chi connectivity index (χ1n) is 13.9. The van der Waals surface area contributed by atoms with E-state index in [4.69, 9.17) is 9.47 Å². The van der Waals surface area contributed by atoms with Crippen LogP contribution in [0.3, 0.4) is 0 Å². The zero-order chi connectivity index (χ0) is 27.9. The number of carbonyl (C=O) groups is 1. The molecule has 0 aliphatic carbocycles. The molecule has 2 aliphatic rings. The lowest BCUT2D eigenvalue weighted by molar-refractivity contribution is -0.276. The van der Waals surface area contributed by atoms with Crippen molar-refractivity contribution in [3.05, 3.63) is 83.7 Å². The number of nitrogens with zero attached hydrogens (tertiary/aromatic N) is 4. The first-order valence-corrected chi connectivity index (χ1v) is 13.9. The van der Waals surface area contributed by atoms with Gasteiger partial charge in [-0.3, -0.25) is 4.90 Å². The fourth-order valence-corrected chi connectivity index (χ4v) is 5.27. The summed E-state index contributed by atoms with van der Waals surface area (Å²) in [7, 11) is 0. The van der Waals surface area contributed by atoms with E-state index in [0.717, 1.165) is 55.4 Å². The summed E-state index contributed by atoms with van der Waals surface area (Å²) in [5.41, 5.74) is 3.43. The van der Waals surface area contributed by atoms with Crippen molar-refractivity contribution in [1.29, 1.82) is 0 Å². The number of nitrogens with one attached hydrogen (secondary N) is 2. The molecule has 2 fully saturated rings. The summed E-state index contributed by atoms with van der Waals surface area (Å²) in [6.07, 6.45) is 2.68. The molecule has 2 aliphatic heterocycles. The maximum absolute atomic E-state index is 12.1. The van der Waals surface area contributed by atoms with Crippen LogP contribution in [-0.4, -0.2) is 71.4 Å². The van der Waals surface area contributed by atoms with Gasteiger partial charge in [0, 0.05) is 68.8 Å². The minimum atomic E-state index is -0.598. The van der Waals surface area contributed by atoms with Gasteiger partial charge in [0.2, 0.25) is 5.95 Å². The Bertz CT molecular complexity index is 1240. The van der Waals surface area contributed by atoms with Gasteiger partial charge in [0.25, 0.3) is 0 Å². The van der Waals surface area contributed by atoms with E-state index in [9.17, 15) is 9.90 Å². The van der Waals surface area contributed by atoms with E-state index < -0.39 is 6.29 Å². The fraction of sp³-hybridized carbons (Fsp3) is 0.433. The lowest BCUT2D eigenvalue weighted by Gasteiger charge is -2.44. The summed E-state index contributed by atoms with van der Waals surface area (Å²) in [5.74, 6) is 0.855. The van der Waals surface area contributed by atoms with Crippen LogP contribution in [0, 0.1) is 5.92 Å². The molecule has 0 bridgehead atoms. The smallest absolute Gasteiger partial charge is 0.319 e. The Morgan fingerprint density at radius 1 is 1.00 bits per heavy atom. The molecule has 0 saturated carbocycles. The van der Waals surface area contributed by atoms with E-state index in [0.29, 0.717) is 12.2 Å². The monoisotopic (exact) mass is 546 g/mol. The predicted octanol–water partition coefficient (Wildman–Crippen LogP) is 3.72. The Morgan fingerprint density at radius 3 is 2.45 bits per heavy atom. The summed E-state index contributed by atoms with van der Waals surface area (Å²) < 4.78 is 13.2. The third-order valence-electron chi connectivity index (χ3n) is 7.52. The molecule has 0 spiro atoms. The zero-order valence-corrected chi connectivity index (χ0v) is 23.1. The van der Waals surface area contributed by atoms with E-state index in [1.54, 1.807) is 12.4 Å². The van der Waals surface area contributed by atoms with E-state index >= 15 is 0 Å². The van der Waals surface area contributed by atoms with Gasteiger partial charge < -0.3 is 30.1 Å². The number of hydrogen-bond acceptors (Lipinski definition) is 8. The largest absolute Gasteiger partial charge is 0.392 e. The lowest BCUT2D eigenvalue weighted by atomic mass is 9.90.